The van der Waals surface area contributed by atoms with E-state index < -0.39 is 0 Å². The number of esters is 1. The van der Waals surface area contributed by atoms with Crippen LogP contribution in [0.25, 0.3) is 0 Å². The third-order valence-corrected chi connectivity index (χ3v) is 4.98. The van der Waals surface area contributed by atoms with Gasteiger partial charge in [-0.3, -0.25) is 14.4 Å². The lowest BCUT2D eigenvalue weighted by molar-refractivity contribution is -0.151. The van der Waals surface area contributed by atoms with Crippen LogP contribution >= 0.6 is 0 Å². The molecule has 0 N–H and O–H groups in total. The van der Waals surface area contributed by atoms with Crippen LogP contribution in [0.15, 0.2) is 18.2 Å². The van der Waals surface area contributed by atoms with Gasteiger partial charge in [-0.2, -0.15) is 0 Å². The molecule has 0 saturated carbocycles. The first kappa shape index (κ1) is 23.5. The maximum absolute atomic E-state index is 12.8. The normalized spacial score (nSPS) is 14.2. The van der Waals surface area contributed by atoms with E-state index in [1.807, 2.05) is 13.8 Å². The Bertz CT molecular complexity index is 743. The number of likely N-dealkylation sites (N-methyl/N-ethyl adjacent to an activating group) is 1. The number of hydrogen-bond donors (Lipinski definition) is 0. The first-order valence-corrected chi connectivity index (χ1v) is 10.5. The summed E-state index contributed by atoms with van der Waals surface area (Å²) >= 11 is 0. The Labute approximate surface area is 178 Å². The first-order valence-electron chi connectivity index (χ1n) is 10.5. The third kappa shape index (κ3) is 6.11. The second kappa shape index (κ2) is 11.4. The largest absolute Gasteiger partial charge is 0.490 e. The number of carbonyl (C=O) groups excluding carboxylic acids is 3. The van der Waals surface area contributed by atoms with Crippen LogP contribution in [0, 0.1) is 5.92 Å². The van der Waals surface area contributed by atoms with Crippen molar-refractivity contribution in [2.75, 3.05) is 46.5 Å². The van der Waals surface area contributed by atoms with Crippen molar-refractivity contribution in [2.24, 2.45) is 5.92 Å². The van der Waals surface area contributed by atoms with Crippen LogP contribution in [0.1, 0.15) is 44.0 Å². The highest BCUT2D eigenvalue weighted by molar-refractivity contribution is 5.97. The molecule has 1 aromatic rings. The minimum absolute atomic E-state index is 0.0277. The van der Waals surface area contributed by atoms with Gasteiger partial charge in [0.05, 0.1) is 32.3 Å². The number of ether oxygens (including phenoxy) is 3. The van der Waals surface area contributed by atoms with Crippen LogP contribution in [-0.4, -0.2) is 74.1 Å². The second-order valence-corrected chi connectivity index (χ2v) is 7.10. The van der Waals surface area contributed by atoms with Crippen LogP contribution in [0.2, 0.25) is 0 Å². The van der Waals surface area contributed by atoms with Crippen LogP contribution in [0.4, 0.5) is 0 Å². The molecule has 1 aliphatic heterocycles. The third-order valence-electron chi connectivity index (χ3n) is 4.98. The predicted molar refractivity (Wildman–Crippen MR) is 112 cm³/mol. The maximum atomic E-state index is 12.8. The number of likely N-dealkylation sites (tertiary alicyclic amines) is 1. The average molecular weight is 421 g/mol. The zero-order valence-corrected chi connectivity index (χ0v) is 18.3. The Balaban J connectivity index is 1.95. The van der Waals surface area contributed by atoms with Crippen molar-refractivity contribution in [1.82, 2.24) is 9.80 Å². The molecule has 1 heterocycles. The van der Waals surface area contributed by atoms with Gasteiger partial charge >= 0.3 is 5.97 Å². The Morgan fingerprint density at radius 1 is 1.00 bits per heavy atom. The van der Waals surface area contributed by atoms with Gasteiger partial charge in [-0.15, -0.1) is 0 Å². The molecule has 1 aromatic carbocycles. The van der Waals surface area contributed by atoms with Gasteiger partial charge in [-0.25, -0.2) is 0 Å². The van der Waals surface area contributed by atoms with Crippen molar-refractivity contribution in [3.8, 4) is 11.5 Å². The van der Waals surface area contributed by atoms with Crippen LogP contribution < -0.4 is 9.47 Å². The summed E-state index contributed by atoms with van der Waals surface area (Å²) in [4.78, 5) is 40.4. The molecule has 0 radical (unpaired) electrons. The van der Waals surface area contributed by atoms with Crippen molar-refractivity contribution in [1.29, 1.82) is 0 Å². The van der Waals surface area contributed by atoms with E-state index >= 15 is 0 Å². The molecule has 1 saturated heterocycles. The molecular formula is C22H32N2O6. The molecule has 2 rings (SSSR count). The van der Waals surface area contributed by atoms with Gasteiger partial charge in [-0.1, -0.05) is 0 Å². The molecule has 8 nitrogen and oxygen atoms in total. The zero-order chi connectivity index (χ0) is 22.1. The van der Waals surface area contributed by atoms with Gasteiger partial charge in [0.25, 0.3) is 5.91 Å². The van der Waals surface area contributed by atoms with Gasteiger partial charge < -0.3 is 24.0 Å². The lowest BCUT2D eigenvalue weighted by Crippen LogP contribution is -2.45. The Kier molecular flexibility index (Phi) is 8.95. The summed E-state index contributed by atoms with van der Waals surface area (Å²) in [5.41, 5.74) is 0.429. The van der Waals surface area contributed by atoms with Crippen molar-refractivity contribution in [2.45, 2.75) is 33.6 Å². The van der Waals surface area contributed by atoms with Gasteiger partial charge in [0, 0.05) is 25.7 Å². The van der Waals surface area contributed by atoms with Gasteiger partial charge in [-0.05, 0) is 51.8 Å². The minimum atomic E-state index is -0.270. The number of rotatable bonds is 9. The Hall–Kier alpha value is -2.77. The van der Waals surface area contributed by atoms with Crippen LogP contribution in [0.3, 0.4) is 0 Å². The van der Waals surface area contributed by atoms with E-state index in [1.54, 1.807) is 37.1 Å². The predicted octanol–water partition coefficient (Wildman–Crippen LogP) is 2.36. The first-order chi connectivity index (χ1) is 14.4. The van der Waals surface area contributed by atoms with Crippen molar-refractivity contribution >= 4 is 17.8 Å². The fourth-order valence-electron chi connectivity index (χ4n) is 3.40. The second-order valence-electron chi connectivity index (χ2n) is 7.10. The molecule has 8 heteroatoms. The summed E-state index contributed by atoms with van der Waals surface area (Å²) in [7, 11) is 1.60. The molecule has 30 heavy (non-hydrogen) atoms. The highest BCUT2D eigenvalue weighted by Gasteiger charge is 2.29. The SMILES string of the molecule is CCOC(=O)C1CCN(C(=O)CN(C)C(=O)c2ccc(OCC)c(OCC)c2)CC1. The molecule has 2 amide bonds. The quantitative estimate of drug-likeness (QED) is 0.570. The zero-order valence-electron chi connectivity index (χ0n) is 18.3. The van der Waals surface area contributed by atoms with E-state index in [9.17, 15) is 14.4 Å². The highest BCUT2D eigenvalue weighted by Crippen LogP contribution is 2.29. The monoisotopic (exact) mass is 420 g/mol. The van der Waals surface area contributed by atoms with E-state index in [2.05, 4.69) is 0 Å². The van der Waals surface area contributed by atoms with E-state index in [4.69, 9.17) is 14.2 Å². The smallest absolute Gasteiger partial charge is 0.309 e. The summed E-state index contributed by atoms with van der Waals surface area (Å²) < 4.78 is 16.2. The van der Waals surface area contributed by atoms with E-state index in [-0.39, 0.29) is 30.2 Å². The van der Waals surface area contributed by atoms with Crippen LogP contribution in [0.5, 0.6) is 11.5 Å². The van der Waals surface area contributed by atoms with E-state index in [0.717, 1.165) is 0 Å². The number of benzene rings is 1. The molecular weight excluding hydrogens is 388 g/mol. The highest BCUT2D eigenvalue weighted by atomic mass is 16.5. The number of carbonyl (C=O) groups is 3. The number of nitrogens with zero attached hydrogens (tertiary/aromatic N) is 2. The Morgan fingerprint density at radius 2 is 1.63 bits per heavy atom. The molecule has 0 bridgehead atoms. The van der Waals surface area contributed by atoms with Crippen molar-refractivity contribution in [3.63, 3.8) is 0 Å². The van der Waals surface area contributed by atoms with Crippen LogP contribution in [-0.2, 0) is 14.3 Å². The fraction of sp³-hybridized carbons (Fsp3) is 0.591. The van der Waals surface area contributed by atoms with Crippen molar-refractivity contribution in [3.05, 3.63) is 23.8 Å². The lowest BCUT2D eigenvalue weighted by Gasteiger charge is -2.32. The summed E-state index contributed by atoms with van der Waals surface area (Å²) in [6.07, 6.45) is 1.16. The summed E-state index contributed by atoms with van der Waals surface area (Å²) in [5.74, 6) is 0.328. The molecule has 0 aromatic heterocycles. The fourth-order valence-corrected chi connectivity index (χ4v) is 3.40. The number of amides is 2. The van der Waals surface area contributed by atoms with Gasteiger partial charge in [0.2, 0.25) is 5.91 Å². The molecule has 1 aliphatic rings. The number of hydrogen-bond acceptors (Lipinski definition) is 6. The summed E-state index contributed by atoms with van der Waals surface area (Å²) in [6, 6.07) is 5.02. The van der Waals surface area contributed by atoms with E-state index in [0.29, 0.717) is 62.8 Å². The lowest BCUT2D eigenvalue weighted by atomic mass is 9.97. The topological polar surface area (TPSA) is 85.4 Å². The van der Waals surface area contributed by atoms with Gasteiger partial charge in [0.1, 0.15) is 0 Å². The minimum Gasteiger partial charge on any atom is -0.490 e. The molecule has 0 aliphatic carbocycles. The van der Waals surface area contributed by atoms with Crippen molar-refractivity contribution < 1.29 is 28.6 Å². The number of piperidine rings is 1. The van der Waals surface area contributed by atoms with E-state index in [1.165, 1.54) is 4.90 Å². The molecule has 1 fully saturated rings. The summed E-state index contributed by atoms with van der Waals surface area (Å²) in [5, 5.41) is 0. The Morgan fingerprint density at radius 3 is 2.23 bits per heavy atom. The maximum Gasteiger partial charge on any atom is 0.309 e. The van der Waals surface area contributed by atoms with Gasteiger partial charge in [0.15, 0.2) is 11.5 Å². The molecule has 0 spiro atoms. The summed E-state index contributed by atoms with van der Waals surface area (Å²) in [6.45, 7) is 7.78. The molecule has 0 unspecified atom stereocenters. The molecule has 166 valence electrons. The standard InChI is InChI=1S/C22H32N2O6/c1-5-28-18-9-8-17(14-19(18)29-6-2)21(26)23(4)15-20(25)24-12-10-16(11-13-24)22(27)30-7-3/h8-9,14,16H,5-7,10-13,15H2,1-4H3. The average Bonchev–Trinajstić information content (AvgIpc) is 2.75. The molecule has 0 atom stereocenters.